The minimum Gasteiger partial charge on any atom is -0.485 e. The molecule has 0 spiro atoms. The van der Waals surface area contributed by atoms with E-state index in [1.807, 2.05) is 0 Å². The van der Waals surface area contributed by atoms with Gasteiger partial charge in [-0.3, -0.25) is 14.3 Å². The quantitative estimate of drug-likeness (QED) is 0.404. The topological polar surface area (TPSA) is 158 Å². The Hall–Kier alpha value is -3.25. The van der Waals surface area contributed by atoms with Crippen LogP contribution in [0.5, 0.6) is 11.6 Å². The Kier molecular flexibility index (Phi) is 9.10. The summed E-state index contributed by atoms with van der Waals surface area (Å²) in [5, 5.41) is 6.34. The van der Waals surface area contributed by atoms with Crippen LogP contribution in [0.2, 0.25) is 0 Å². The van der Waals surface area contributed by atoms with Crippen molar-refractivity contribution in [1.82, 2.24) is 14.5 Å². The molecule has 1 aliphatic heterocycles. The number of hydrogen-bond donors (Lipinski definition) is 2. The smallest absolute Gasteiger partial charge is 0.427 e. The molecule has 18 heteroatoms. The highest BCUT2D eigenvalue weighted by molar-refractivity contribution is 7.93. The standard InChI is InChI=1S/C23H32F3N5O8S2/c1-7-30-13-19(20(29-30)37-8-2)41(35,36)31-14(3)18(12-27-40(6,33)34)38-17-10-9-15(11-16(17)31)28-21(32)39-22(4,5)23(24,25)26/h9-11,13-14,18,27H,7-8,12H2,1-6H3,(H,28,32)/t14-,18+/m1/s1. The van der Waals surface area contributed by atoms with Gasteiger partial charge in [-0.15, -0.1) is 5.10 Å². The average Bonchev–Trinajstić information content (AvgIpc) is 3.25. The predicted octanol–water partition coefficient (Wildman–Crippen LogP) is 3.09. The zero-order chi connectivity index (χ0) is 31.0. The second-order valence-electron chi connectivity index (χ2n) is 9.61. The normalized spacial score (nSPS) is 17.9. The van der Waals surface area contributed by atoms with E-state index in [0.717, 1.165) is 10.6 Å². The van der Waals surface area contributed by atoms with Crippen molar-refractivity contribution in [3.05, 3.63) is 24.4 Å². The van der Waals surface area contributed by atoms with Gasteiger partial charge in [0.15, 0.2) is 4.90 Å². The monoisotopic (exact) mass is 627 g/mol. The lowest BCUT2D eigenvalue weighted by Gasteiger charge is -2.40. The number of carbonyl (C=O) groups excluding carboxylic acids is 1. The van der Waals surface area contributed by atoms with Crippen molar-refractivity contribution in [3.8, 4) is 11.6 Å². The maximum absolute atomic E-state index is 14.1. The molecule has 0 saturated carbocycles. The molecule has 2 atom stereocenters. The second kappa shape index (κ2) is 11.6. The Morgan fingerprint density at radius 3 is 2.39 bits per heavy atom. The van der Waals surface area contributed by atoms with Gasteiger partial charge in [0.1, 0.15) is 11.9 Å². The number of rotatable bonds is 10. The van der Waals surface area contributed by atoms with Crippen LogP contribution in [0.4, 0.5) is 29.3 Å². The molecule has 0 saturated heterocycles. The van der Waals surface area contributed by atoms with Gasteiger partial charge in [-0.25, -0.2) is 26.4 Å². The highest BCUT2D eigenvalue weighted by Crippen LogP contribution is 2.43. The molecule has 3 rings (SSSR count). The van der Waals surface area contributed by atoms with Crippen LogP contribution >= 0.6 is 0 Å². The van der Waals surface area contributed by atoms with Crippen molar-refractivity contribution in [2.75, 3.05) is 29.0 Å². The third kappa shape index (κ3) is 7.16. The Balaban J connectivity index is 2.08. The zero-order valence-electron chi connectivity index (χ0n) is 23.1. The summed E-state index contributed by atoms with van der Waals surface area (Å²) in [6.07, 6.45) is -5.05. The number of nitrogens with one attached hydrogen (secondary N) is 2. The van der Waals surface area contributed by atoms with Crippen molar-refractivity contribution < 1.29 is 49.0 Å². The first-order valence-electron chi connectivity index (χ1n) is 12.4. The third-order valence-electron chi connectivity index (χ3n) is 6.04. The van der Waals surface area contributed by atoms with Gasteiger partial charge in [-0.1, -0.05) is 0 Å². The molecular formula is C23H32F3N5O8S2. The summed E-state index contributed by atoms with van der Waals surface area (Å²) < 4.78 is 112. The number of nitrogens with zero attached hydrogens (tertiary/aromatic N) is 3. The van der Waals surface area contributed by atoms with Crippen LogP contribution < -0.4 is 23.8 Å². The van der Waals surface area contributed by atoms with E-state index in [1.165, 1.54) is 36.0 Å². The van der Waals surface area contributed by atoms with E-state index in [9.17, 15) is 34.8 Å². The van der Waals surface area contributed by atoms with E-state index < -0.39 is 50.1 Å². The molecule has 230 valence electrons. The molecule has 0 radical (unpaired) electrons. The third-order valence-corrected chi connectivity index (χ3v) is 8.62. The predicted molar refractivity (Wildman–Crippen MR) is 142 cm³/mol. The number of carbonyl (C=O) groups is 1. The van der Waals surface area contributed by atoms with Crippen molar-refractivity contribution in [2.45, 2.75) is 70.0 Å². The van der Waals surface area contributed by atoms with E-state index in [0.29, 0.717) is 20.4 Å². The number of sulfonamides is 2. The van der Waals surface area contributed by atoms with Gasteiger partial charge >= 0.3 is 12.3 Å². The SMILES string of the molecule is CCOc1nn(CC)cc1S(=O)(=O)N1c2cc(NC(=O)OC(C)(C)C(F)(F)F)ccc2O[C@@H](CNS(C)(=O)=O)[C@H]1C. The van der Waals surface area contributed by atoms with Gasteiger partial charge in [-0.2, -0.15) is 13.2 Å². The molecule has 2 aromatic rings. The van der Waals surface area contributed by atoms with Gasteiger partial charge < -0.3 is 14.2 Å². The van der Waals surface area contributed by atoms with Crippen molar-refractivity contribution >= 4 is 37.5 Å². The van der Waals surface area contributed by atoms with Gasteiger partial charge in [0.2, 0.25) is 15.6 Å². The molecule has 0 aliphatic carbocycles. The first-order chi connectivity index (χ1) is 18.8. The minimum absolute atomic E-state index is 0.00218. The van der Waals surface area contributed by atoms with E-state index in [1.54, 1.807) is 13.8 Å². The van der Waals surface area contributed by atoms with Crippen LogP contribution in [-0.2, 0) is 31.3 Å². The summed E-state index contributed by atoms with van der Waals surface area (Å²) in [5.74, 6) is -0.157. The number of halogens is 3. The summed E-state index contributed by atoms with van der Waals surface area (Å²) in [5.41, 5.74) is -2.97. The van der Waals surface area contributed by atoms with E-state index in [2.05, 4.69) is 19.9 Å². The van der Waals surface area contributed by atoms with Crippen LogP contribution in [0.3, 0.4) is 0 Å². The van der Waals surface area contributed by atoms with Crippen LogP contribution in [0.1, 0.15) is 34.6 Å². The van der Waals surface area contributed by atoms with Crippen molar-refractivity contribution in [2.24, 2.45) is 0 Å². The van der Waals surface area contributed by atoms with Crippen molar-refractivity contribution in [1.29, 1.82) is 0 Å². The van der Waals surface area contributed by atoms with Crippen LogP contribution in [0, 0.1) is 0 Å². The van der Waals surface area contributed by atoms with Gasteiger partial charge in [0, 0.05) is 25.0 Å². The lowest BCUT2D eigenvalue weighted by atomic mass is 10.1. The van der Waals surface area contributed by atoms with Crippen LogP contribution in [0.25, 0.3) is 0 Å². The number of anilines is 2. The molecule has 1 aromatic heterocycles. The fourth-order valence-corrected chi connectivity index (χ4v) is 6.02. The molecule has 0 bridgehead atoms. The van der Waals surface area contributed by atoms with E-state index in [4.69, 9.17) is 9.47 Å². The molecule has 1 aromatic carbocycles. The van der Waals surface area contributed by atoms with E-state index in [-0.39, 0.29) is 41.1 Å². The van der Waals surface area contributed by atoms with E-state index >= 15 is 0 Å². The van der Waals surface area contributed by atoms with Crippen LogP contribution in [0.15, 0.2) is 29.3 Å². The number of amides is 1. The average molecular weight is 628 g/mol. The number of ether oxygens (including phenoxy) is 3. The van der Waals surface area contributed by atoms with Gasteiger partial charge in [0.25, 0.3) is 15.9 Å². The second-order valence-corrected chi connectivity index (χ2v) is 13.2. The minimum atomic E-state index is -4.84. The molecule has 0 fully saturated rings. The highest BCUT2D eigenvalue weighted by atomic mass is 32.2. The molecule has 13 nitrogen and oxygen atoms in total. The Labute approximate surface area is 236 Å². The highest BCUT2D eigenvalue weighted by Gasteiger charge is 2.51. The molecule has 41 heavy (non-hydrogen) atoms. The summed E-state index contributed by atoms with van der Waals surface area (Å²) in [4.78, 5) is 12.0. The Morgan fingerprint density at radius 1 is 1.17 bits per heavy atom. The maximum Gasteiger partial charge on any atom is 0.427 e. The van der Waals surface area contributed by atoms with Crippen LogP contribution in [-0.4, -0.2) is 76.0 Å². The lowest BCUT2D eigenvalue weighted by molar-refractivity contribution is -0.242. The Morgan fingerprint density at radius 2 is 1.83 bits per heavy atom. The first-order valence-corrected chi connectivity index (χ1v) is 15.7. The first kappa shape index (κ1) is 32.3. The Bertz CT molecular complexity index is 1490. The molecule has 1 amide bonds. The number of aryl methyl sites for hydroxylation is 1. The van der Waals surface area contributed by atoms with Gasteiger partial charge in [-0.05, 0) is 52.8 Å². The summed E-state index contributed by atoms with van der Waals surface area (Å²) in [6.45, 7) is 6.41. The molecule has 1 aliphatic rings. The molecule has 0 unspecified atom stereocenters. The molecular weight excluding hydrogens is 595 g/mol. The zero-order valence-corrected chi connectivity index (χ0v) is 24.8. The summed E-state index contributed by atoms with van der Waals surface area (Å²) in [7, 11) is -8.13. The lowest BCUT2D eigenvalue weighted by Crippen LogP contribution is -2.54. The molecule has 2 N–H and O–H groups in total. The summed E-state index contributed by atoms with van der Waals surface area (Å²) in [6, 6.07) is 2.73. The maximum atomic E-state index is 14.1. The summed E-state index contributed by atoms with van der Waals surface area (Å²) >= 11 is 0. The number of benzene rings is 1. The number of hydrogen-bond acceptors (Lipinski definition) is 9. The van der Waals surface area contributed by atoms with Gasteiger partial charge in [0.05, 0.1) is 24.6 Å². The number of fused-ring (bicyclic) bond motifs is 1. The molecule has 2 heterocycles. The number of alkyl halides is 3. The fourth-order valence-electron chi connectivity index (χ4n) is 3.79. The largest absolute Gasteiger partial charge is 0.485 e. The van der Waals surface area contributed by atoms with Crippen molar-refractivity contribution in [3.63, 3.8) is 0 Å². The fraction of sp³-hybridized carbons (Fsp3) is 0.565. The number of aromatic nitrogens is 2.